The average Bonchev–Trinajstić information content (AvgIpc) is 2.52. The molecule has 1 fully saturated rings. The first-order valence-corrected chi connectivity index (χ1v) is 9.92. The maximum atomic E-state index is 12.5. The molecule has 1 aliphatic heterocycles. The molecule has 1 heterocycles. The molecule has 1 aromatic rings. The van der Waals surface area contributed by atoms with E-state index in [0.29, 0.717) is 13.1 Å². The lowest BCUT2D eigenvalue weighted by atomic mass is 10.2. The Morgan fingerprint density at radius 2 is 1.84 bits per heavy atom. The topological polar surface area (TPSA) is 90.0 Å². The summed E-state index contributed by atoms with van der Waals surface area (Å²) in [5, 5.41) is 0. The molecular formula is C17H23NO6S. The highest BCUT2D eigenvalue weighted by Crippen LogP contribution is 2.15. The summed E-state index contributed by atoms with van der Waals surface area (Å²) in [6.07, 6.45) is -0.0688. The molecule has 0 radical (unpaired) electrons. The fraction of sp³-hybridized carbons (Fsp3) is 0.529. The van der Waals surface area contributed by atoms with Crippen molar-refractivity contribution < 1.29 is 27.5 Å². The fourth-order valence-electron chi connectivity index (χ4n) is 2.75. The minimum atomic E-state index is -3.43. The summed E-state index contributed by atoms with van der Waals surface area (Å²) in [7, 11) is -3.43. The van der Waals surface area contributed by atoms with Crippen molar-refractivity contribution in [3.8, 4) is 0 Å². The summed E-state index contributed by atoms with van der Waals surface area (Å²) in [6.45, 7) is 6.14. The molecule has 1 amide bonds. The highest BCUT2D eigenvalue weighted by molar-refractivity contribution is 7.90. The third-order valence-electron chi connectivity index (χ3n) is 3.86. The van der Waals surface area contributed by atoms with Crippen LogP contribution in [0.15, 0.2) is 29.2 Å². The Morgan fingerprint density at radius 1 is 1.24 bits per heavy atom. The van der Waals surface area contributed by atoms with E-state index in [0.717, 1.165) is 6.26 Å². The summed E-state index contributed by atoms with van der Waals surface area (Å²) in [5.74, 6) is -1.03. The van der Waals surface area contributed by atoms with Crippen molar-refractivity contribution in [1.82, 2.24) is 4.90 Å². The normalized spacial score (nSPS) is 22.3. The van der Waals surface area contributed by atoms with E-state index < -0.39 is 21.9 Å². The van der Waals surface area contributed by atoms with E-state index in [9.17, 15) is 18.0 Å². The molecule has 7 nitrogen and oxygen atoms in total. The molecular weight excluding hydrogens is 346 g/mol. The SMILES string of the molecule is CC1CN(C(=O)C(C)OC(=O)c2cccc(S(C)(=O)=O)c2)CC(C)O1. The molecule has 0 aromatic heterocycles. The zero-order valence-electron chi connectivity index (χ0n) is 14.8. The minimum Gasteiger partial charge on any atom is -0.449 e. The van der Waals surface area contributed by atoms with Gasteiger partial charge in [-0.25, -0.2) is 13.2 Å². The molecule has 1 saturated heterocycles. The van der Waals surface area contributed by atoms with Crippen molar-refractivity contribution in [3.63, 3.8) is 0 Å². The highest BCUT2D eigenvalue weighted by Gasteiger charge is 2.30. The molecule has 1 aliphatic rings. The lowest BCUT2D eigenvalue weighted by molar-refractivity contribution is -0.151. The van der Waals surface area contributed by atoms with Crippen molar-refractivity contribution in [2.75, 3.05) is 19.3 Å². The number of carbonyl (C=O) groups excluding carboxylic acids is 2. The van der Waals surface area contributed by atoms with Gasteiger partial charge in [0.05, 0.1) is 22.7 Å². The van der Waals surface area contributed by atoms with E-state index in [-0.39, 0.29) is 28.6 Å². The molecule has 0 aliphatic carbocycles. The van der Waals surface area contributed by atoms with E-state index in [1.54, 1.807) is 4.90 Å². The number of rotatable bonds is 4. The predicted octanol–water partition coefficient (Wildman–Crippen LogP) is 1.27. The van der Waals surface area contributed by atoms with Crippen LogP contribution in [0.2, 0.25) is 0 Å². The molecule has 0 N–H and O–H groups in total. The predicted molar refractivity (Wildman–Crippen MR) is 91.0 cm³/mol. The van der Waals surface area contributed by atoms with Crippen LogP contribution in [0.3, 0.4) is 0 Å². The molecule has 8 heteroatoms. The number of carbonyl (C=O) groups is 2. The quantitative estimate of drug-likeness (QED) is 0.743. The third kappa shape index (κ3) is 5.02. The second kappa shape index (κ2) is 7.53. The lowest BCUT2D eigenvalue weighted by Gasteiger charge is -2.36. The first kappa shape index (κ1) is 19.4. The van der Waals surface area contributed by atoms with E-state index >= 15 is 0 Å². The average molecular weight is 369 g/mol. The fourth-order valence-corrected chi connectivity index (χ4v) is 3.41. The van der Waals surface area contributed by atoms with Crippen LogP contribution in [0.5, 0.6) is 0 Å². The van der Waals surface area contributed by atoms with Crippen LogP contribution >= 0.6 is 0 Å². The standard InChI is InChI=1S/C17H23NO6S/c1-11-9-18(10-12(2)23-11)16(19)13(3)24-17(20)14-6-5-7-15(8-14)25(4,21)22/h5-8,11-13H,9-10H2,1-4H3. The zero-order valence-corrected chi connectivity index (χ0v) is 15.6. The number of hydrogen-bond acceptors (Lipinski definition) is 6. The maximum absolute atomic E-state index is 12.5. The molecule has 0 bridgehead atoms. The Hall–Kier alpha value is -1.93. The number of sulfone groups is 1. The van der Waals surface area contributed by atoms with Gasteiger partial charge in [-0.3, -0.25) is 4.79 Å². The van der Waals surface area contributed by atoms with Gasteiger partial charge in [-0.1, -0.05) is 6.07 Å². The van der Waals surface area contributed by atoms with Crippen molar-refractivity contribution in [2.24, 2.45) is 0 Å². The van der Waals surface area contributed by atoms with Crippen molar-refractivity contribution >= 4 is 21.7 Å². The van der Waals surface area contributed by atoms with Crippen molar-refractivity contribution in [1.29, 1.82) is 0 Å². The number of esters is 1. The molecule has 3 atom stereocenters. The first-order valence-electron chi connectivity index (χ1n) is 8.03. The molecule has 3 unspecified atom stereocenters. The largest absolute Gasteiger partial charge is 0.449 e. The second-order valence-electron chi connectivity index (χ2n) is 6.35. The smallest absolute Gasteiger partial charge is 0.338 e. The summed E-state index contributed by atoms with van der Waals surface area (Å²) < 4.78 is 34.0. The van der Waals surface area contributed by atoms with Crippen LogP contribution in [0.4, 0.5) is 0 Å². The van der Waals surface area contributed by atoms with Crippen molar-refractivity contribution in [2.45, 2.75) is 44.0 Å². The molecule has 1 aromatic carbocycles. The van der Waals surface area contributed by atoms with Crippen LogP contribution < -0.4 is 0 Å². The summed E-state index contributed by atoms with van der Waals surface area (Å²) >= 11 is 0. The number of amides is 1. The number of hydrogen-bond donors (Lipinski definition) is 0. The number of ether oxygens (including phenoxy) is 2. The van der Waals surface area contributed by atoms with Gasteiger partial charge in [-0.15, -0.1) is 0 Å². The second-order valence-corrected chi connectivity index (χ2v) is 8.36. The summed E-state index contributed by atoms with van der Waals surface area (Å²) in [6, 6.07) is 5.56. The van der Waals surface area contributed by atoms with E-state index in [1.165, 1.54) is 31.2 Å². The van der Waals surface area contributed by atoms with Crippen LogP contribution in [0.1, 0.15) is 31.1 Å². The molecule has 0 saturated carbocycles. The Kier molecular flexibility index (Phi) is 5.84. The zero-order chi connectivity index (χ0) is 18.8. The Bertz CT molecular complexity index is 750. The third-order valence-corrected chi connectivity index (χ3v) is 4.97. The van der Waals surface area contributed by atoms with Crippen LogP contribution in [0.25, 0.3) is 0 Å². The molecule has 0 spiro atoms. The lowest BCUT2D eigenvalue weighted by Crippen LogP contribution is -2.51. The van der Waals surface area contributed by atoms with Gasteiger partial charge in [0.1, 0.15) is 0 Å². The molecule has 2 rings (SSSR count). The molecule has 138 valence electrons. The van der Waals surface area contributed by atoms with E-state index in [1.807, 2.05) is 13.8 Å². The van der Waals surface area contributed by atoms with Gasteiger partial charge in [0.15, 0.2) is 15.9 Å². The van der Waals surface area contributed by atoms with E-state index in [4.69, 9.17) is 9.47 Å². The van der Waals surface area contributed by atoms with Crippen molar-refractivity contribution in [3.05, 3.63) is 29.8 Å². The van der Waals surface area contributed by atoms with Gasteiger partial charge >= 0.3 is 5.97 Å². The maximum Gasteiger partial charge on any atom is 0.338 e. The van der Waals surface area contributed by atoms with Gasteiger partial charge < -0.3 is 14.4 Å². The van der Waals surface area contributed by atoms with Gasteiger partial charge in [0, 0.05) is 19.3 Å². The first-order chi connectivity index (χ1) is 11.6. The van der Waals surface area contributed by atoms with Gasteiger partial charge in [0.2, 0.25) is 0 Å². The van der Waals surface area contributed by atoms with Gasteiger partial charge in [-0.05, 0) is 39.0 Å². The Labute approximate surface area is 147 Å². The van der Waals surface area contributed by atoms with Gasteiger partial charge in [-0.2, -0.15) is 0 Å². The number of morpholine rings is 1. The number of nitrogens with zero attached hydrogens (tertiary/aromatic N) is 1. The Balaban J connectivity index is 2.06. The van der Waals surface area contributed by atoms with Crippen LogP contribution in [-0.4, -0.2) is 62.9 Å². The molecule has 25 heavy (non-hydrogen) atoms. The summed E-state index contributed by atoms with van der Waals surface area (Å²) in [5.41, 5.74) is 0.0892. The summed E-state index contributed by atoms with van der Waals surface area (Å²) in [4.78, 5) is 26.4. The monoisotopic (exact) mass is 369 g/mol. The minimum absolute atomic E-state index is 0.0248. The van der Waals surface area contributed by atoms with Crippen LogP contribution in [-0.2, 0) is 24.1 Å². The van der Waals surface area contributed by atoms with Gasteiger partial charge in [0.25, 0.3) is 5.91 Å². The van der Waals surface area contributed by atoms with E-state index in [2.05, 4.69) is 0 Å². The van der Waals surface area contributed by atoms with Crippen LogP contribution in [0, 0.1) is 0 Å². The Morgan fingerprint density at radius 3 is 2.40 bits per heavy atom. The number of benzene rings is 1. The highest BCUT2D eigenvalue weighted by atomic mass is 32.2.